The Balaban J connectivity index is 1.96. The zero-order valence-corrected chi connectivity index (χ0v) is 16.6. The lowest BCUT2D eigenvalue weighted by molar-refractivity contribution is -0.0421. The van der Waals surface area contributed by atoms with Crippen LogP contribution in [-0.4, -0.2) is 36.9 Å². The minimum Gasteiger partial charge on any atom is -0.470 e. The molecule has 0 aromatic carbocycles. The van der Waals surface area contributed by atoms with Crippen molar-refractivity contribution in [3.63, 3.8) is 0 Å². The molecule has 25 heavy (non-hydrogen) atoms. The largest absolute Gasteiger partial charge is 0.470 e. The van der Waals surface area contributed by atoms with Crippen molar-refractivity contribution in [1.29, 1.82) is 0 Å². The summed E-state index contributed by atoms with van der Waals surface area (Å²) < 4.78 is 20.1. The number of aromatic amines is 1. The van der Waals surface area contributed by atoms with Gasteiger partial charge in [0.1, 0.15) is 6.10 Å². The normalized spacial score (nSPS) is 25.9. The molecule has 0 amide bonds. The van der Waals surface area contributed by atoms with Crippen LogP contribution in [0.1, 0.15) is 41.5 Å². The summed E-state index contributed by atoms with van der Waals surface area (Å²) in [6.45, 7) is 13.3. The smallest absolute Gasteiger partial charge is 0.350 e. The summed E-state index contributed by atoms with van der Waals surface area (Å²) >= 11 is 0. The zero-order chi connectivity index (χ0) is 18.6. The highest BCUT2D eigenvalue weighted by Gasteiger charge is 2.62. The van der Waals surface area contributed by atoms with Gasteiger partial charge in [0.05, 0.1) is 6.61 Å². The lowest BCUT2D eigenvalue weighted by Gasteiger charge is -2.53. The third-order valence-electron chi connectivity index (χ3n) is 4.73. The third-order valence-corrected chi connectivity index (χ3v) is 9.86. The minimum absolute atomic E-state index is 0.123. The van der Waals surface area contributed by atoms with Crippen molar-refractivity contribution in [2.24, 2.45) is 0 Å². The molecule has 0 bridgehead atoms. The number of ether oxygens (including phenoxy) is 1. The Morgan fingerprint density at radius 3 is 2.36 bits per heavy atom. The topological polar surface area (TPSA) is 82.5 Å². The van der Waals surface area contributed by atoms with Gasteiger partial charge >= 0.3 is 14.3 Å². The highest BCUT2D eigenvalue weighted by molar-refractivity contribution is 6.73. The van der Waals surface area contributed by atoms with Crippen LogP contribution in [0.5, 0.6) is 0 Å². The molecule has 1 fully saturated rings. The molecule has 3 heterocycles. The summed E-state index contributed by atoms with van der Waals surface area (Å²) in [4.78, 5) is 25.5. The van der Waals surface area contributed by atoms with E-state index in [0.29, 0.717) is 12.5 Å². The van der Waals surface area contributed by atoms with Crippen molar-refractivity contribution in [1.82, 2.24) is 9.55 Å². The van der Waals surface area contributed by atoms with Gasteiger partial charge in [-0.15, -0.1) is 0 Å². The van der Waals surface area contributed by atoms with Crippen LogP contribution in [0.4, 0.5) is 0 Å². The number of H-pyrrole nitrogens is 1. The summed E-state index contributed by atoms with van der Waals surface area (Å²) in [7, 11) is -2.59. The summed E-state index contributed by atoms with van der Waals surface area (Å²) in [6.07, 6.45) is 2.65. The molecule has 2 atom stereocenters. The predicted molar refractivity (Wildman–Crippen MR) is 96.5 cm³/mol. The van der Waals surface area contributed by atoms with Crippen molar-refractivity contribution in [3.05, 3.63) is 39.2 Å². The molecule has 7 nitrogen and oxygen atoms in total. The number of nitrogens with one attached hydrogen (secondary N) is 1. The molecule has 3 rings (SSSR count). The maximum Gasteiger partial charge on any atom is 0.350 e. The summed E-state index contributed by atoms with van der Waals surface area (Å²) in [5.74, 6) is 0.368. The Labute approximate surface area is 147 Å². The van der Waals surface area contributed by atoms with Gasteiger partial charge in [0.15, 0.2) is 6.10 Å². The van der Waals surface area contributed by atoms with Gasteiger partial charge in [0.25, 0.3) is 5.56 Å². The highest BCUT2D eigenvalue weighted by Crippen LogP contribution is 2.55. The first-order chi connectivity index (χ1) is 11.4. The van der Waals surface area contributed by atoms with Gasteiger partial charge in [0, 0.05) is 28.4 Å². The van der Waals surface area contributed by atoms with Crippen molar-refractivity contribution in [3.8, 4) is 0 Å². The van der Waals surface area contributed by atoms with E-state index in [4.69, 9.17) is 13.6 Å². The lowest BCUT2D eigenvalue weighted by Crippen LogP contribution is -2.64. The standard InChI is InChI=1S/C17H26N2O5Si/c1-16(2,3)25(17(4,5)6)22-10-12-11(24-25)9-14(23-12)19-8-7-13(20)18-15(19)21/h7-9,11-12H,10H2,1-6H3,(H,18,20,21)/t11-,12+/m0/s1. The summed E-state index contributed by atoms with van der Waals surface area (Å²) in [6, 6.07) is 1.29. The Morgan fingerprint density at radius 1 is 1.16 bits per heavy atom. The number of hydrogen-bond acceptors (Lipinski definition) is 5. The van der Waals surface area contributed by atoms with E-state index in [1.54, 1.807) is 0 Å². The fraction of sp³-hybridized carbons (Fsp3) is 0.647. The van der Waals surface area contributed by atoms with E-state index in [-0.39, 0.29) is 22.3 Å². The number of rotatable bonds is 1. The minimum atomic E-state index is -2.59. The summed E-state index contributed by atoms with van der Waals surface area (Å²) in [5, 5.41) is -0.247. The van der Waals surface area contributed by atoms with Crippen LogP contribution in [0.2, 0.25) is 10.1 Å². The fourth-order valence-electron chi connectivity index (χ4n) is 3.81. The Morgan fingerprint density at radius 2 is 1.80 bits per heavy atom. The van der Waals surface area contributed by atoms with Crippen LogP contribution in [0.3, 0.4) is 0 Å². The van der Waals surface area contributed by atoms with Crippen LogP contribution in [0, 0.1) is 0 Å². The number of fused-ring (bicyclic) bond motifs is 1. The molecular formula is C17H26N2O5Si. The molecule has 0 aliphatic carbocycles. The van der Waals surface area contributed by atoms with Crippen LogP contribution in [-0.2, 0) is 13.6 Å². The first-order valence-corrected chi connectivity index (χ1v) is 10.3. The molecule has 1 aromatic heterocycles. The molecule has 8 heteroatoms. The molecular weight excluding hydrogens is 340 g/mol. The van der Waals surface area contributed by atoms with Gasteiger partial charge in [-0.25, -0.2) is 9.36 Å². The predicted octanol–water partition coefficient (Wildman–Crippen LogP) is 2.19. The molecule has 0 unspecified atom stereocenters. The highest BCUT2D eigenvalue weighted by atomic mass is 28.4. The molecule has 1 N–H and O–H groups in total. The maximum atomic E-state index is 12.0. The average molecular weight is 366 g/mol. The van der Waals surface area contributed by atoms with Crippen LogP contribution < -0.4 is 11.2 Å². The van der Waals surface area contributed by atoms with Gasteiger partial charge in [-0.05, 0) is 0 Å². The van der Waals surface area contributed by atoms with E-state index in [0.717, 1.165) is 0 Å². The van der Waals surface area contributed by atoms with E-state index in [1.165, 1.54) is 16.8 Å². The Hall–Kier alpha value is -1.64. The monoisotopic (exact) mass is 366 g/mol. The molecule has 0 saturated carbocycles. The Kier molecular flexibility index (Phi) is 4.13. The fourth-order valence-corrected chi connectivity index (χ4v) is 8.71. The average Bonchev–Trinajstić information content (AvgIpc) is 2.86. The first-order valence-electron chi connectivity index (χ1n) is 8.47. The number of aromatic nitrogens is 2. The second kappa shape index (κ2) is 5.68. The second-order valence-corrected chi connectivity index (χ2v) is 13.4. The number of hydrogen-bond donors (Lipinski definition) is 1. The second-order valence-electron chi connectivity index (χ2n) is 8.65. The van der Waals surface area contributed by atoms with E-state index < -0.39 is 19.8 Å². The zero-order valence-electron chi connectivity index (χ0n) is 15.6. The first kappa shape index (κ1) is 18.2. The lowest BCUT2D eigenvalue weighted by atomic mass is 10.2. The molecule has 2 aliphatic rings. The molecule has 1 aromatic rings. The summed E-state index contributed by atoms with van der Waals surface area (Å²) in [5.41, 5.74) is -0.975. The van der Waals surface area contributed by atoms with Crippen LogP contribution >= 0.6 is 0 Å². The van der Waals surface area contributed by atoms with E-state index in [9.17, 15) is 9.59 Å². The van der Waals surface area contributed by atoms with E-state index in [2.05, 4.69) is 46.5 Å². The molecule has 138 valence electrons. The van der Waals surface area contributed by atoms with Gasteiger partial charge < -0.3 is 13.6 Å². The third kappa shape index (κ3) is 2.92. The van der Waals surface area contributed by atoms with Crippen molar-refractivity contribution < 1.29 is 13.6 Å². The molecule has 0 spiro atoms. The quantitative estimate of drug-likeness (QED) is 0.771. The van der Waals surface area contributed by atoms with Gasteiger partial charge in [-0.2, -0.15) is 0 Å². The van der Waals surface area contributed by atoms with Crippen molar-refractivity contribution in [2.45, 2.75) is 63.8 Å². The molecule has 2 aliphatic heterocycles. The van der Waals surface area contributed by atoms with Gasteiger partial charge in [-0.1, -0.05) is 41.5 Å². The van der Waals surface area contributed by atoms with Gasteiger partial charge in [0.2, 0.25) is 5.88 Å². The molecule has 1 saturated heterocycles. The van der Waals surface area contributed by atoms with Crippen molar-refractivity contribution in [2.75, 3.05) is 6.61 Å². The van der Waals surface area contributed by atoms with E-state index >= 15 is 0 Å². The van der Waals surface area contributed by atoms with Crippen molar-refractivity contribution >= 4 is 14.4 Å². The van der Waals surface area contributed by atoms with Crippen LogP contribution in [0.15, 0.2) is 27.9 Å². The SMILES string of the molecule is CC(C)(C)[Si]1(C(C)(C)C)OC[C@H]2OC(n3ccc(=O)[nH]c3=O)=C[C@@H]2O1. The van der Waals surface area contributed by atoms with Crippen LogP contribution in [0.25, 0.3) is 5.88 Å². The Bertz CT molecular complexity index is 798. The van der Waals surface area contributed by atoms with Gasteiger partial charge in [-0.3, -0.25) is 9.78 Å². The maximum absolute atomic E-state index is 12.0. The molecule has 0 radical (unpaired) electrons. The van der Waals surface area contributed by atoms with E-state index in [1.807, 2.05) is 6.08 Å². The number of nitrogens with zero attached hydrogens (tertiary/aromatic N) is 1.